The van der Waals surface area contributed by atoms with Crippen LogP contribution in [0.25, 0.3) is 0 Å². The molecule has 0 spiro atoms. The molecule has 0 radical (unpaired) electrons. The van der Waals surface area contributed by atoms with E-state index in [-0.39, 0.29) is 11.9 Å². The minimum absolute atomic E-state index is 0.118. The molecule has 0 aliphatic heterocycles. The summed E-state index contributed by atoms with van der Waals surface area (Å²) in [6.45, 7) is 2.27. The van der Waals surface area contributed by atoms with Gasteiger partial charge in [-0.25, -0.2) is 4.39 Å². The highest BCUT2D eigenvalue weighted by atomic mass is 79.9. The quantitative estimate of drug-likeness (QED) is 0.758. The second kappa shape index (κ2) is 7.38. The van der Waals surface area contributed by atoms with Gasteiger partial charge in [0.2, 0.25) is 0 Å². The second-order valence-electron chi connectivity index (χ2n) is 4.95. The van der Waals surface area contributed by atoms with E-state index in [1.807, 2.05) is 31.2 Å². The van der Waals surface area contributed by atoms with Crippen molar-refractivity contribution in [1.82, 2.24) is 0 Å². The molecule has 0 aliphatic carbocycles. The predicted octanol–water partition coefficient (Wildman–Crippen LogP) is 4.82. The van der Waals surface area contributed by atoms with Crippen molar-refractivity contribution in [2.75, 3.05) is 0 Å². The molecule has 112 valence electrons. The van der Waals surface area contributed by atoms with E-state index >= 15 is 0 Å². The first-order valence-corrected chi connectivity index (χ1v) is 8.15. The Bertz CT molecular complexity index is 632. The monoisotopic (exact) mass is 415 g/mol. The molecule has 2 aromatic rings. The molecule has 0 bridgehead atoms. The van der Waals surface area contributed by atoms with Crippen molar-refractivity contribution < 1.29 is 9.13 Å². The first-order valence-electron chi connectivity index (χ1n) is 6.57. The van der Waals surface area contributed by atoms with Crippen molar-refractivity contribution in [1.29, 1.82) is 0 Å². The molecule has 2 nitrogen and oxygen atoms in total. The molecule has 0 saturated carbocycles. The molecule has 2 N–H and O–H groups in total. The van der Waals surface area contributed by atoms with E-state index in [0.717, 1.165) is 27.8 Å². The zero-order valence-corrected chi connectivity index (χ0v) is 14.7. The average molecular weight is 417 g/mol. The van der Waals surface area contributed by atoms with Crippen molar-refractivity contribution in [3.05, 3.63) is 62.3 Å². The Labute approximate surface area is 140 Å². The van der Waals surface area contributed by atoms with Crippen LogP contribution in [0.5, 0.6) is 5.75 Å². The van der Waals surface area contributed by atoms with Crippen molar-refractivity contribution in [2.24, 2.45) is 5.73 Å². The highest BCUT2D eigenvalue weighted by molar-refractivity contribution is 9.10. The van der Waals surface area contributed by atoms with Crippen molar-refractivity contribution in [3.8, 4) is 5.75 Å². The van der Waals surface area contributed by atoms with Crippen LogP contribution in [0.1, 0.15) is 18.1 Å². The van der Waals surface area contributed by atoms with Crippen LogP contribution in [-0.2, 0) is 13.0 Å². The lowest BCUT2D eigenvalue weighted by molar-refractivity contribution is 0.302. The molecule has 1 unspecified atom stereocenters. The van der Waals surface area contributed by atoms with E-state index < -0.39 is 0 Å². The van der Waals surface area contributed by atoms with Crippen LogP contribution in [0, 0.1) is 5.82 Å². The van der Waals surface area contributed by atoms with E-state index in [2.05, 4.69) is 31.9 Å². The molecule has 0 saturated heterocycles. The van der Waals surface area contributed by atoms with Crippen LogP contribution in [0.2, 0.25) is 0 Å². The lowest BCUT2D eigenvalue weighted by Crippen LogP contribution is -2.17. The molecule has 0 aromatic heterocycles. The van der Waals surface area contributed by atoms with Crippen LogP contribution in [0.3, 0.4) is 0 Å². The van der Waals surface area contributed by atoms with Crippen LogP contribution < -0.4 is 10.5 Å². The maximum Gasteiger partial charge on any atom is 0.137 e. The molecule has 0 fully saturated rings. The topological polar surface area (TPSA) is 35.2 Å². The van der Waals surface area contributed by atoms with E-state index in [9.17, 15) is 4.39 Å². The molecule has 0 aliphatic rings. The fourth-order valence-corrected chi connectivity index (χ4v) is 2.90. The number of nitrogens with two attached hydrogens (primary N) is 1. The smallest absolute Gasteiger partial charge is 0.137 e. The predicted molar refractivity (Wildman–Crippen MR) is 89.9 cm³/mol. The number of rotatable bonds is 5. The van der Waals surface area contributed by atoms with Gasteiger partial charge in [-0.15, -0.1) is 0 Å². The van der Waals surface area contributed by atoms with Crippen molar-refractivity contribution >= 4 is 31.9 Å². The molecule has 21 heavy (non-hydrogen) atoms. The third-order valence-corrected chi connectivity index (χ3v) is 4.48. The van der Waals surface area contributed by atoms with Gasteiger partial charge < -0.3 is 10.5 Å². The van der Waals surface area contributed by atoms with Gasteiger partial charge in [0.25, 0.3) is 0 Å². The minimum Gasteiger partial charge on any atom is -0.488 e. The van der Waals surface area contributed by atoms with Gasteiger partial charge in [-0.1, -0.05) is 18.2 Å². The Balaban J connectivity index is 2.08. The van der Waals surface area contributed by atoms with Crippen molar-refractivity contribution in [2.45, 2.75) is 26.0 Å². The van der Waals surface area contributed by atoms with Gasteiger partial charge in [-0.05, 0) is 69.0 Å². The summed E-state index contributed by atoms with van der Waals surface area (Å²) in [6, 6.07) is 10.9. The zero-order chi connectivity index (χ0) is 15.4. The molecule has 0 amide bonds. The Morgan fingerprint density at radius 3 is 2.67 bits per heavy atom. The lowest BCUT2D eigenvalue weighted by Gasteiger charge is -2.12. The van der Waals surface area contributed by atoms with E-state index in [4.69, 9.17) is 10.5 Å². The molecule has 0 heterocycles. The Hall–Kier alpha value is -0.910. The van der Waals surface area contributed by atoms with Crippen LogP contribution in [0.15, 0.2) is 45.3 Å². The van der Waals surface area contributed by atoms with Gasteiger partial charge >= 0.3 is 0 Å². The highest BCUT2D eigenvalue weighted by Crippen LogP contribution is 2.28. The Morgan fingerprint density at radius 2 is 2.00 bits per heavy atom. The number of halogens is 3. The number of benzene rings is 2. The van der Waals surface area contributed by atoms with Crippen LogP contribution >= 0.6 is 31.9 Å². The third-order valence-electron chi connectivity index (χ3n) is 2.97. The molecular formula is C16H16Br2FNO. The normalized spacial score (nSPS) is 12.2. The first-order chi connectivity index (χ1) is 9.97. The summed E-state index contributed by atoms with van der Waals surface area (Å²) in [5.41, 5.74) is 7.71. The fraction of sp³-hybridized carbons (Fsp3) is 0.250. The van der Waals surface area contributed by atoms with Gasteiger partial charge in [0.1, 0.15) is 18.2 Å². The Kier molecular flexibility index (Phi) is 5.79. The Morgan fingerprint density at radius 1 is 1.24 bits per heavy atom. The van der Waals surface area contributed by atoms with Gasteiger partial charge in [-0.2, -0.15) is 0 Å². The zero-order valence-electron chi connectivity index (χ0n) is 11.6. The second-order valence-corrected chi connectivity index (χ2v) is 6.60. The first kappa shape index (κ1) is 16.5. The van der Waals surface area contributed by atoms with Crippen LogP contribution in [-0.4, -0.2) is 6.04 Å². The van der Waals surface area contributed by atoms with Gasteiger partial charge in [0.15, 0.2) is 0 Å². The summed E-state index contributed by atoms with van der Waals surface area (Å²) < 4.78 is 20.5. The number of hydrogen-bond acceptors (Lipinski definition) is 2. The molecule has 2 rings (SSSR count). The van der Waals surface area contributed by atoms with E-state index in [0.29, 0.717) is 11.1 Å². The average Bonchev–Trinajstić information content (AvgIpc) is 2.41. The van der Waals surface area contributed by atoms with Gasteiger partial charge in [0.05, 0.1) is 8.95 Å². The lowest BCUT2D eigenvalue weighted by atomic mass is 10.1. The molecule has 2 aromatic carbocycles. The van der Waals surface area contributed by atoms with E-state index in [1.54, 1.807) is 6.07 Å². The number of hydrogen-bond donors (Lipinski definition) is 1. The third kappa shape index (κ3) is 4.53. The summed E-state index contributed by atoms with van der Waals surface area (Å²) >= 11 is 6.72. The summed E-state index contributed by atoms with van der Waals surface area (Å²) in [5.74, 6) is 0.432. The molecule has 1 atom stereocenters. The minimum atomic E-state index is -0.289. The SMILES string of the molecule is CC(N)Cc1ccc(OCc2cccc(F)c2Br)c(Br)c1. The van der Waals surface area contributed by atoms with Gasteiger partial charge in [0, 0.05) is 11.6 Å². The maximum atomic E-state index is 13.4. The largest absolute Gasteiger partial charge is 0.488 e. The summed E-state index contributed by atoms with van der Waals surface area (Å²) in [6.07, 6.45) is 0.814. The molecular weight excluding hydrogens is 401 g/mol. The summed E-state index contributed by atoms with van der Waals surface area (Å²) in [7, 11) is 0. The number of ether oxygens (including phenoxy) is 1. The summed E-state index contributed by atoms with van der Waals surface area (Å²) in [4.78, 5) is 0. The van der Waals surface area contributed by atoms with Crippen molar-refractivity contribution in [3.63, 3.8) is 0 Å². The van der Waals surface area contributed by atoms with E-state index in [1.165, 1.54) is 6.07 Å². The highest BCUT2D eigenvalue weighted by Gasteiger charge is 2.08. The molecule has 5 heteroatoms. The summed E-state index contributed by atoms with van der Waals surface area (Å²) in [5, 5.41) is 0. The standard InChI is InChI=1S/C16H16Br2FNO/c1-10(20)7-11-5-6-15(13(17)8-11)21-9-12-3-2-4-14(19)16(12)18/h2-6,8,10H,7,9,20H2,1H3. The van der Waals surface area contributed by atoms with Crippen LogP contribution in [0.4, 0.5) is 4.39 Å². The fourth-order valence-electron chi connectivity index (χ4n) is 1.98. The van der Waals surface area contributed by atoms with Gasteiger partial charge in [-0.3, -0.25) is 0 Å². The maximum absolute atomic E-state index is 13.4.